The van der Waals surface area contributed by atoms with E-state index in [4.69, 9.17) is 21.3 Å². The maximum absolute atomic E-state index is 12.6. The molecule has 3 rings (SSSR count). The van der Waals surface area contributed by atoms with Crippen LogP contribution in [0.1, 0.15) is 47.2 Å². The van der Waals surface area contributed by atoms with E-state index in [-0.39, 0.29) is 18.9 Å². The number of guanidine groups is 1. The van der Waals surface area contributed by atoms with Crippen molar-refractivity contribution in [3.8, 4) is 5.75 Å². The standard InChI is InChI=1S/C25H33N5O4/c1-34-22-8-6-7-21(30-13-4-2-3-5-14-30)19(22)16-28-25(27)29-23(31)18-11-9-17(10-12-18)15-20(26)24(32)33/h6-12,20H,2-5,13-16,26H2,1H3,(H,32,33)(H3,27,28,29,31). The predicted octanol–water partition coefficient (Wildman–Crippen LogP) is 2.27. The van der Waals surface area contributed by atoms with Gasteiger partial charge in [-0.05, 0) is 49.1 Å². The van der Waals surface area contributed by atoms with Crippen LogP contribution in [0.25, 0.3) is 0 Å². The lowest BCUT2D eigenvalue weighted by Gasteiger charge is -2.26. The lowest BCUT2D eigenvalue weighted by molar-refractivity contribution is -0.138. The fraction of sp³-hybridized carbons (Fsp3) is 0.400. The van der Waals surface area contributed by atoms with Gasteiger partial charge in [0.2, 0.25) is 0 Å². The molecule has 6 N–H and O–H groups in total. The molecule has 0 saturated carbocycles. The van der Waals surface area contributed by atoms with Crippen LogP contribution >= 0.6 is 0 Å². The van der Waals surface area contributed by atoms with Gasteiger partial charge in [0.25, 0.3) is 5.91 Å². The van der Waals surface area contributed by atoms with Crippen LogP contribution in [0.5, 0.6) is 5.75 Å². The molecule has 1 heterocycles. The number of ether oxygens (including phenoxy) is 1. The molecule has 1 atom stereocenters. The van der Waals surface area contributed by atoms with E-state index in [0.29, 0.717) is 5.56 Å². The Morgan fingerprint density at radius 3 is 2.41 bits per heavy atom. The summed E-state index contributed by atoms with van der Waals surface area (Å²) in [4.78, 5) is 30.2. The highest BCUT2D eigenvalue weighted by molar-refractivity contribution is 6.05. The van der Waals surface area contributed by atoms with Crippen molar-refractivity contribution in [1.82, 2.24) is 5.32 Å². The molecule has 1 aliphatic rings. The Morgan fingerprint density at radius 1 is 1.12 bits per heavy atom. The molecule has 0 bridgehead atoms. The Balaban J connectivity index is 1.68. The molecule has 1 fully saturated rings. The number of hydrogen-bond donors (Lipinski definition) is 4. The van der Waals surface area contributed by atoms with E-state index in [1.54, 1.807) is 31.4 Å². The van der Waals surface area contributed by atoms with E-state index < -0.39 is 17.9 Å². The van der Waals surface area contributed by atoms with Gasteiger partial charge in [0.15, 0.2) is 5.96 Å². The number of carboxylic acids is 1. The molecule has 0 aromatic heterocycles. The molecule has 1 unspecified atom stereocenters. The number of methoxy groups -OCH3 is 1. The summed E-state index contributed by atoms with van der Waals surface area (Å²) >= 11 is 0. The van der Waals surface area contributed by atoms with E-state index >= 15 is 0 Å². The van der Waals surface area contributed by atoms with E-state index in [1.165, 1.54) is 12.8 Å². The fourth-order valence-electron chi connectivity index (χ4n) is 4.04. The number of nitrogens with two attached hydrogens (primary N) is 2. The smallest absolute Gasteiger partial charge is 0.320 e. The lowest BCUT2D eigenvalue weighted by atomic mass is 10.0. The summed E-state index contributed by atoms with van der Waals surface area (Å²) in [6.45, 7) is 2.25. The van der Waals surface area contributed by atoms with Crippen LogP contribution in [0.3, 0.4) is 0 Å². The van der Waals surface area contributed by atoms with Crippen LogP contribution in [0.15, 0.2) is 47.5 Å². The second-order valence-corrected chi connectivity index (χ2v) is 8.36. The minimum Gasteiger partial charge on any atom is -0.496 e. The molecule has 182 valence electrons. The first-order valence-electron chi connectivity index (χ1n) is 11.5. The molecule has 1 amide bonds. The van der Waals surface area contributed by atoms with Gasteiger partial charge < -0.3 is 26.2 Å². The third-order valence-corrected chi connectivity index (χ3v) is 5.91. The monoisotopic (exact) mass is 467 g/mol. The van der Waals surface area contributed by atoms with Crippen molar-refractivity contribution in [3.63, 3.8) is 0 Å². The number of aliphatic carboxylic acids is 1. The van der Waals surface area contributed by atoms with Gasteiger partial charge in [0, 0.05) is 29.9 Å². The number of carbonyl (C=O) groups is 2. The summed E-state index contributed by atoms with van der Waals surface area (Å²) in [5.41, 5.74) is 14.7. The summed E-state index contributed by atoms with van der Waals surface area (Å²) in [7, 11) is 1.63. The van der Waals surface area contributed by atoms with E-state index in [9.17, 15) is 9.59 Å². The predicted molar refractivity (Wildman–Crippen MR) is 132 cm³/mol. The number of carboxylic acid groups (broad SMARTS) is 1. The van der Waals surface area contributed by atoms with Crippen molar-refractivity contribution in [1.29, 1.82) is 0 Å². The Labute approximate surface area is 199 Å². The first-order valence-corrected chi connectivity index (χ1v) is 11.5. The SMILES string of the molecule is COc1cccc(N2CCCCCC2)c1CN=C(N)NC(=O)c1ccc(CC(N)C(=O)O)cc1. The van der Waals surface area contributed by atoms with Crippen molar-refractivity contribution < 1.29 is 19.4 Å². The Hall–Kier alpha value is -3.59. The second-order valence-electron chi connectivity index (χ2n) is 8.36. The lowest BCUT2D eigenvalue weighted by Crippen LogP contribution is -2.37. The van der Waals surface area contributed by atoms with Crippen molar-refractivity contribution in [3.05, 3.63) is 59.2 Å². The summed E-state index contributed by atoms with van der Waals surface area (Å²) in [6, 6.07) is 11.5. The summed E-state index contributed by atoms with van der Waals surface area (Å²) in [5.74, 6) is -0.725. The first-order chi connectivity index (χ1) is 16.4. The van der Waals surface area contributed by atoms with Crippen LogP contribution in [0.2, 0.25) is 0 Å². The van der Waals surface area contributed by atoms with Gasteiger partial charge in [-0.1, -0.05) is 31.0 Å². The summed E-state index contributed by atoms with van der Waals surface area (Å²) in [5, 5.41) is 11.5. The van der Waals surface area contributed by atoms with Crippen LogP contribution < -0.4 is 26.4 Å². The molecular formula is C25H33N5O4. The number of nitrogens with zero attached hydrogens (tertiary/aromatic N) is 2. The molecule has 0 spiro atoms. The van der Waals surface area contributed by atoms with E-state index in [0.717, 1.165) is 48.5 Å². The molecule has 2 aromatic carbocycles. The first kappa shape index (κ1) is 25.0. The molecule has 1 aliphatic heterocycles. The van der Waals surface area contributed by atoms with Gasteiger partial charge in [-0.25, -0.2) is 4.99 Å². The number of benzene rings is 2. The zero-order valence-electron chi connectivity index (χ0n) is 19.5. The highest BCUT2D eigenvalue weighted by Crippen LogP contribution is 2.31. The molecule has 9 nitrogen and oxygen atoms in total. The summed E-state index contributed by atoms with van der Waals surface area (Å²) < 4.78 is 5.57. The minimum atomic E-state index is -1.07. The van der Waals surface area contributed by atoms with Crippen LogP contribution in [-0.4, -0.2) is 49.2 Å². The molecule has 9 heteroatoms. The number of rotatable bonds is 8. The third-order valence-electron chi connectivity index (χ3n) is 5.91. The van der Waals surface area contributed by atoms with Crippen LogP contribution in [0.4, 0.5) is 5.69 Å². The Bertz CT molecular complexity index is 1010. The maximum atomic E-state index is 12.6. The van der Waals surface area contributed by atoms with Gasteiger partial charge in [-0.2, -0.15) is 0 Å². The number of hydrogen-bond acceptors (Lipinski definition) is 6. The van der Waals surface area contributed by atoms with Crippen molar-refractivity contribution in [2.24, 2.45) is 16.5 Å². The highest BCUT2D eigenvalue weighted by Gasteiger charge is 2.17. The Morgan fingerprint density at radius 2 is 1.79 bits per heavy atom. The van der Waals surface area contributed by atoms with Gasteiger partial charge in [-0.3, -0.25) is 14.9 Å². The number of nitrogens with one attached hydrogen (secondary N) is 1. The topological polar surface area (TPSA) is 143 Å². The number of aliphatic imine (C=N–C) groups is 1. The Kier molecular flexibility index (Phi) is 8.86. The zero-order chi connectivity index (χ0) is 24.5. The largest absolute Gasteiger partial charge is 0.496 e. The van der Waals surface area contributed by atoms with Crippen LogP contribution in [0, 0.1) is 0 Å². The van der Waals surface area contributed by atoms with Crippen molar-refractivity contribution in [2.75, 3.05) is 25.1 Å². The fourth-order valence-corrected chi connectivity index (χ4v) is 4.04. The average Bonchev–Trinajstić information content (AvgIpc) is 3.12. The van der Waals surface area contributed by atoms with Crippen molar-refractivity contribution in [2.45, 2.75) is 44.7 Å². The number of anilines is 1. The molecule has 0 aliphatic carbocycles. The molecule has 1 saturated heterocycles. The zero-order valence-corrected chi connectivity index (χ0v) is 19.5. The van der Waals surface area contributed by atoms with Gasteiger partial charge >= 0.3 is 5.97 Å². The normalized spacial score (nSPS) is 15.4. The summed E-state index contributed by atoms with van der Waals surface area (Å²) in [6.07, 6.45) is 4.96. The molecule has 34 heavy (non-hydrogen) atoms. The number of amides is 1. The molecular weight excluding hydrogens is 434 g/mol. The molecule has 0 radical (unpaired) electrons. The average molecular weight is 468 g/mol. The van der Waals surface area contributed by atoms with E-state index in [2.05, 4.69) is 21.3 Å². The highest BCUT2D eigenvalue weighted by atomic mass is 16.5. The van der Waals surface area contributed by atoms with Gasteiger partial charge in [-0.15, -0.1) is 0 Å². The van der Waals surface area contributed by atoms with Crippen LogP contribution in [-0.2, 0) is 17.8 Å². The maximum Gasteiger partial charge on any atom is 0.320 e. The van der Waals surface area contributed by atoms with Gasteiger partial charge in [0.1, 0.15) is 11.8 Å². The minimum absolute atomic E-state index is 0.00898. The third kappa shape index (κ3) is 6.71. The van der Waals surface area contributed by atoms with Crippen molar-refractivity contribution >= 4 is 23.5 Å². The van der Waals surface area contributed by atoms with Gasteiger partial charge in [0.05, 0.1) is 13.7 Å². The van der Waals surface area contributed by atoms with E-state index in [1.807, 2.05) is 12.1 Å². The quantitative estimate of drug-likeness (QED) is 0.344. The second kappa shape index (κ2) is 12.0. The number of carbonyl (C=O) groups excluding carboxylic acids is 1. The molecule has 2 aromatic rings.